The van der Waals surface area contributed by atoms with Crippen molar-refractivity contribution < 1.29 is 5.11 Å². The Bertz CT molecular complexity index is 394. The predicted octanol–water partition coefficient (Wildman–Crippen LogP) is 3.46. The van der Waals surface area contributed by atoms with Gasteiger partial charge < -0.3 is 10.0 Å². The third-order valence-corrected chi connectivity index (χ3v) is 3.92. The number of aliphatic hydroxyl groups is 1. The number of benzene rings is 1. The molecule has 1 aliphatic rings. The minimum atomic E-state index is 0.0476. The number of anilines is 1. The van der Waals surface area contributed by atoms with Gasteiger partial charge in [0, 0.05) is 12.6 Å². The van der Waals surface area contributed by atoms with Gasteiger partial charge in [0.2, 0.25) is 0 Å². The zero-order chi connectivity index (χ0) is 12.4. The largest absolute Gasteiger partial charge is 0.392 e. The maximum Gasteiger partial charge on any atom is 0.0682 e. The standard InChI is InChI=1S/C14H20ClNO/c1-10-3-4-11(2)16(8-10)14-6-5-12(9-17)7-13(14)15/h5-7,10-11,17H,3-4,8-9H2,1-2H3. The lowest BCUT2D eigenvalue weighted by molar-refractivity contribution is 0.282. The Morgan fingerprint density at radius 3 is 2.76 bits per heavy atom. The van der Waals surface area contributed by atoms with Crippen molar-refractivity contribution in [3.8, 4) is 0 Å². The highest BCUT2D eigenvalue weighted by Crippen LogP contribution is 2.33. The van der Waals surface area contributed by atoms with Crippen molar-refractivity contribution in [2.75, 3.05) is 11.4 Å². The minimum absolute atomic E-state index is 0.0476. The Morgan fingerprint density at radius 2 is 2.12 bits per heavy atom. The van der Waals surface area contributed by atoms with Crippen LogP contribution in [-0.2, 0) is 6.61 Å². The summed E-state index contributed by atoms with van der Waals surface area (Å²) in [4.78, 5) is 2.39. The molecule has 2 rings (SSSR count). The molecule has 1 aromatic carbocycles. The molecule has 0 saturated carbocycles. The number of halogens is 1. The topological polar surface area (TPSA) is 23.5 Å². The monoisotopic (exact) mass is 253 g/mol. The van der Waals surface area contributed by atoms with Gasteiger partial charge in [-0.2, -0.15) is 0 Å². The highest BCUT2D eigenvalue weighted by atomic mass is 35.5. The smallest absolute Gasteiger partial charge is 0.0682 e. The van der Waals surface area contributed by atoms with Crippen LogP contribution in [0.25, 0.3) is 0 Å². The number of nitrogens with zero attached hydrogens (tertiary/aromatic N) is 1. The summed E-state index contributed by atoms with van der Waals surface area (Å²) in [5.41, 5.74) is 1.97. The Morgan fingerprint density at radius 1 is 1.35 bits per heavy atom. The molecule has 1 heterocycles. The molecule has 0 amide bonds. The van der Waals surface area contributed by atoms with E-state index in [-0.39, 0.29) is 6.61 Å². The van der Waals surface area contributed by atoms with Crippen molar-refractivity contribution in [3.63, 3.8) is 0 Å². The Hall–Kier alpha value is -0.730. The van der Waals surface area contributed by atoms with Gasteiger partial charge in [0.25, 0.3) is 0 Å². The second-order valence-electron chi connectivity index (χ2n) is 5.13. The number of rotatable bonds is 2. The van der Waals surface area contributed by atoms with E-state index in [1.807, 2.05) is 18.2 Å². The highest BCUT2D eigenvalue weighted by molar-refractivity contribution is 6.33. The van der Waals surface area contributed by atoms with Crippen molar-refractivity contribution in [3.05, 3.63) is 28.8 Å². The van der Waals surface area contributed by atoms with Gasteiger partial charge >= 0.3 is 0 Å². The molecule has 0 aliphatic carbocycles. The molecule has 0 spiro atoms. The molecule has 1 aliphatic heterocycles. The zero-order valence-electron chi connectivity index (χ0n) is 10.5. The van der Waals surface area contributed by atoms with Crippen LogP contribution in [0.4, 0.5) is 5.69 Å². The summed E-state index contributed by atoms with van der Waals surface area (Å²) in [5.74, 6) is 0.722. The SMILES string of the molecule is CC1CCC(C)N(c2ccc(CO)cc2Cl)C1. The summed E-state index contributed by atoms with van der Waals surface area (Å²) >= 11 is 6.30. The molecule has 1 N–H and O–H groups in total. The molecule has 1 saturated heterocycles. The number of piperidine rings is 1. The van der Waals surface area contributed by atoms with Gasteiger partial charge in [-0.15, -0.1) is 0 Å². The normalized spacial score (nSPS) is 25.1. The van der Waals surface area contributed by atoms with Gasteiger partial charge in [-0.3, -0.25) is 0 Å². The molecule has 2 atom stereocenters. The fraction of sp³-hybridized carbons (Fsp3) is 0.571. The van der Waals surface area contributed by atoms with Crippen molar-refractivity contribution >= 4 is 17.3 Å². The lowest BCUT2D eigenvalue weighted by atomic mass is 9.94. The van der Waals surface area contributed by atoms with E-state index in [2.05, 4.69) is 18.7 Å². The van der Waals surface area contributed by atoms with Gasteiger partial charge in [-0.1, -0.05) is 24.6 Å². The molecular weight excluding hydrogens is 234 g/mol. The predicted molar refractivity (Wildman–Crippen MR) is 72.6 cm³/mol. The van der Waals surface area contributed by atoms with Gasteiger partial charge in [-0.05, 0) is 43.4 Å². The average molecular weight is 254 g/mol. The molecule has 3 heteroatoms. The van der Waals surface area contributed by atoms with Crippen molar-refractivity contribution in [1.29, 1.82) is 0 Å². The van der Waals surface area contributed by atoms with E-state index in [1.165, 1.54) is 12.8 Å². The van der Waals surface area contributed by atoms with Crippen LogP contribution in [0.3, 0.4) is 0 Å². The highest BCUT2D eigenvalue weighted by Gasteiger charge is 2.24. The van der Waals surface area contributed by atoms with E-state index in [4.69, 9.17) is 16.7 Å². The van der Waals surface area contributed by atoms with Gasteiger partial charge in [0.1, 0.15) is 0 Å². The van der Waals surface area contributed by atoms with Crippen LogP contribution in [0.15, 0.2) is 18.2 Å². The average Bonchev–Trinajstić information content (AvgIpc) is 2.32. The summed E-state index contributed by atoms with van der Waals surface area (Å²) < 4.78 is 0. The first-order chi connectivity index (χ1) is 8.11. The maximum absolute atomic E-state index is 9.09. The fourth-order valence-electron chi connectivity index (χ4n) is 2.51. The molecule has 1 fully saturated rings. The fourth-order valence-corrected chi connectivity index (χ4v) is 2.82. The lowest BCUT2D eigenvalue weighted by Crippen LogP contribution is -2.41. The van der Waals surface area contributed by atoms with Crippen LogP contribution < -0.4 is 4.90 Å². The van der Waals surface area contributed by atoms with Gasteiger partial charge in [-0.25, -0.2) is 0 Å². The maximum atomic E-state index is 9.09. The Kier molecular flexibility index (Phi) is 3.95. The molecule has 0 bridgehead atoms. The van der Waals surface area contributed by atoms with Gasteiger partial charge in [0.15, 0.2) is 0 Å². The molecule has 17 heavy (non-hydrogen) atoms. The first-order valence-corrected chi connectivity index (χ1v) is 6.65. The third kappa shape index (κ3) is 2.75. The molecule has 94 valence electrons. The van der Waals surface area contributed by atoms with Crippen LogP contribution in [0, 0.1) is 5.92 Å². The second-order valence-corrected chi connectivity index (χ2v) is 5.53. The molecule has 2 nitrogen and oxygen atoms in total. The number of aliphatic hydroxyl groups excluding tert-OH is 1. The molecule has 0 aromatic heterocycles. The van der Waals surface area contributed by atoms with Crippen molar-refractivity contribution in [1.82, 2.24) is 0 Å². The first kappa shape index (κ1) is 12.7. The van der Waals surface area contributed by atoms with E-state index < -0.39 is 0 Å². The third-order valence-electron chi connectivity index (χ3n) is 3.62. The Balaban J connectivity index is 2.26. The van der Waals surface area contributed by atoms with Crippen LogP contribution >= 0.6 is 11.6 Å². The summed E-state index contributed by atoms with van der Waals surface area (Å²) in [6.07, 6.45) is 2.52. The van der Waals surface area contributed by atoms with E-state index in [0.717, 1.165) is 28.7 Å². The lowest BCUT2D eigenvalue weighted by Gasteiger charge is -2.39. The molecular formula is C14H20ClNO. The summed E-state index contributed by atoms with van der Waals surface area (Å²) in [7, 11) is 0. The summed E-state index contributed by atoms with van der Waals surface area (Å²) in [6, 6.07) is 6.39. The summed E-state index contributed by atoms with van der Waals surface area (Å²) in [6.45, 7) is 5.66. The zero-order valence-corrected chi connectivity index (χ0v) is 11.2. The molecule has 0 radical (unpaired) electrons. The minimum Gasteiger partial charge on any atom is -0.392 e. The van der Waals surface area contributed by atoms with Crippen molar-refractivity contribution in [2.24, 2.45) is 5.92 Å². The molecule has 1 aromatic rings. The van der Waals surface area contributed by atoms with E-state index in [9.17, 15) is 0 Å². The van der Waals surface area contributed by atoms with Crippen molar-refractivity contribution in [2.45, 2.75) is 39.3 Å². The van der Waals surface area contributed by atoms with Crippen LogP contribution in [0.1, 0.15) is 32.3 Å². The Labute approximate surface area is 108 Å². The van der Waals surface area contributed by atoms with Crippen LogP contribution in [-0.4, -0.2) is 17.7 Å². The molecule has 2 unspecified atom stereocenters. The quantitative estimate of drug-likeness (QED) is 0.873. The van der Waals surface area contributed by atoms with E-state index in [1.54, 1.807) is 0 Å². The summed E-state index contributed by atoms with van der Waals surface area (Å²) in [5, 5.41) is 9.83. The number of hydrogen-bond acceptors (Lipinski definition) is 2. The van der Waals surface area contributed by atoms with E-state index in [0.29, 0.717) is 6.04 Å². The first-order valence-electron chi connectivity index (χ1n) is 6.27. The van der Waals surface area contributed by atoms with E-state index >= 15 is 0 Å². The second kappa shape index (κ2) is 5.28. The van der Waals surface area contributed by atoms with Crippen LogP contribution in [0.5, 0.6) is 0 Å². The van der Waals surface area contributed by atoms with Gasteiger partial charge in [0.05, 0.1) is 17.3 Å². The van der Waals surface area contributed by atoms with Crippen LogP contribution in [0.2, 0.25) is 5.02 Å². The number of hydrogen-bond donors (Lipinski definition) is 1.